The van der Waals surface area contributed by atoms with Gasteiger partial charge in [-0.05, 0) is 88.7 Å². The summed E-state index contributed by atoms with van der Waals surface area (Å²) >= 11 is 0. The fourth-order valence-corrected chi connectivity index (χ4v) is 15.4. The largest absolute Gasteiger partial charge is 0.493 e. The molecule has 5 N–H and O–H groups in total. The predicted octanol–water partition coefficient (Wildman–Crippen LogP) is 22.0. The van der Waals surface area contributed by atoms with Crippen molar-refractivity contribution in [1.29, 1.82) is 0 Å². The van der Waals surface area contributed by atoms with Gasteiger partial charge in [0.1, 0.15) is 151 Å². The summed E-state index contributed by atoms with van der Waals surface area (Å²) in [6.45, 7) is 5.58. The van der Waals surface area contributed by atoms with E-state index in [1.54, 1.807) is 67.0 Å². The van der Waals surface area contributed by atoms with E-state index in [1.807, 2.05) is 208 Å². The zero-order valence-electron chi connectivity index (χ0n) is 74.2. The Balaban J connectivity index is 0.000000131. The summed E-state index contributed by atoms with van der Waals surface area (Å²) in [6.07, 6.45) is 5.40. The molecule has 6 heterocycles. The predicted molar refractivity (Wildman–Crippen MR) is 524 cm³/mol. The third-order valence-electron chi connectivity index (χ3n) is 22.2. The van der Waals surface area contributed by atoms with Crippen LogP contribution in [0.5, 0.6) is 51.7 Å². The van der Waals surface area contributed by atoms with Gasteiger partial charge in [-0.15, -0.1) is 0 Å². The molecule has 23 heteroatoms. The number of pyridine rings is 2. The Kier molecular flexibility index (Phi) is 30.8. The van der Waals surface area contributed by atoms with Crippen molar-refractivity contribution in [3.8, 4) is 85.7 Å². The third-order valence-corrected chi connectivity index (χ3v) is 22.2. The molecule has 0 aliphatic heterocycles. The number of para-hydroxylation sites is 2. The van der Waals surface area contributed by atoms with E-state index in [1.165, 1.54) is 24.3 Å². The number of rotatable bonds is 33. The van der Waals surface area contributed by atoms with Gasteiger partial charge in [0, 0.05) is 150 Å². The molecule has 0 fully saturated rings. The van der Waals surface area contributed by atoms with Crippen LogP contribution < -0.4 is 59.6 Å². The van der Waals surface area contributed by atoms with E-state index in [0.717, 1.165) is 76.7 Å². The molecule has 0 saturated heterocycles. The lowest BCUT2D eigenvalue weighted by Gasteiger charge is -2.15. The van der Waals surface area contributed by atoms with Crippen molar-refractivity contribution in [1.82, 2.24) is 9.97 Å². The third kappa shape index (κ3) is 23.1. The summed E-state index contributed by atoms with van der Waals surface area (Å²) < 4.78 is 72.4. The van der Waals surface area contributed by atoms with Crippen LogP contribution in [-0.2, 0) is 19.8 Å². The van der Waals surface area contributed by atoms with Crippen molar-refractivity contribution < 1.29 is 81.1 Å². The molecule has 19 rings (SSSR count). The van der Waals surface area contributed by atoms with E-state index >= 15 is 0 Å². The van der Waals surface area contributed by atoms with Gasteiger partial charge in [-0.25, -0.2) is 0 Å². The normalized spacial score (nSPS) is 11.4. The molecule has 0 bridgehead atoms. The van der Waals surface area contributed by atoms with Gasteiger partial charge < -0.3 is 81.1 Å². The van der Waals surface area contributed by atoms with Crippen LogP contribution >= 0.6 is 0 Å². The molecule has 135 heavy (non-hydrogen) atoms. The highest BCUT2D eigenvalue weighted by Crippen LogP contribution is 2.40. The lowest BCUT2D eigenvalue weighted by Crippen LogP contribution is -2.21. The van der Waals surface area contributed by atoms with Gasteiger partial charge >= 0.3 is 0 Å². The lowest BCUT2D eigenvalue weighted by molar-refractivity contribution is 0.0540. The second kappa shape index (κ2) is 44.9. The van der Waals surface area contributed by atoms with Crippen molar-refractivity contribution in [3.63, 3.8) is 0 Å². The second-order valence-corrected chi connectivity index (χ2v) is 32.1. The lowest BCUT2D eigenvalue weighted by atomic mass is 10.1. The molecule has 0 aliphatic carbocycles. The monoisotopic (exact) mass is 1810 g/mol. The number of aliphatic hydroxyl groups excluding tert-OH is 5. The van der Waals surface area contributed by atoms with Crippen LogP contribution in [0.3, 0.4) is 0 Å². The summed E-state index contributed by atoms with van der Waals surface area (Å²) in [4.78, 5) is 60.7. The van der Waals surface area contributed by atoms with E-state index in [-0.39, 0.29) is 77.4 Å². The minimum atomic E-state index is -1.10. The fourth-order valence-electron chi connectivity index (χ4n) is 15.4. The SMILES string of the molecule is CC(C)c1cc(=O)c2c(OCCCCO)cc(OCc3ccnc4ccccc34)cc2o1.O=c1cc(-c2ccccc2)oc2cc(OCc3cccc4ccccc34)cc(OCCCCO)c12.O=c1cc(-c2ccccc2)oc2cc(OCc3cccc4ccccc34)cc(OCCCO)c12.O=c1cc(-c2ccccc2)oc2cc(Oc3ccnc4ccccc34)cc(OCC(O)CO)c12. The Bertz CT molecular complexity index is 7550. The molecule has 23 nitrogen and oxygen atoms in total. The fraction of sp³-hybridized carbons (Fsp3) is 0.179. The van der Waals surface area contributed by atoms with Crippen LogP contribution in [-0.4, -0.2) is 94.5 Å². The molecule has 1 unspecified atom stereocenters. The first-order chi connectivity index (χ1) is 66.1. The summed E-state index contributed by atoms with van der Waals surface area (Å²) in [7, 11) is 0. The van der Waals surface area contributed by atoms with E-state index in [0.29, 0.717) is 167 Å². The van der Waals surface area contributed by atoms with E-state index in [9.17, 15) is 24.3 Å². The molecule has 19 aromatic rings. The number of unbranched alkanes of at least 4 members (excludes halogenated alkanes) is 2. The molecule has 6 aromatic heterocycles. The first-order valence-electron chi connectivity index (χ1n) is 44.6. The summed E-state index contributed by atoms with van der Waals surface area (Å²) in [5.41, 5.74) is 7.91. The van der Waals surface area contributed by atoms with Crippen molar-refractivity contribution in [2.45, 2.75) is 77.8 Å². The van der Waals surface area contributed by atoms with Crippen molar-refractivity contribution >= 4 is 87.2 Å². The summed E-state index contributed by atoms with van der Waals surface area (Å²) in [5, 5.41) is 53.9. The maximum atomic E-state index is 13.1. The summed E-state index contributed by atoms with van der Waals surface area (Å²) in [5.74, 6) is 6.08. The first kappa shape index (κ1) is 92.5. The molecule has 0 radical (unpaired) electrons. The smallest absolute Gasteiger partial charge is 0.197 e. The van der Waals surface area contributed by atoms with E-state index in [4.69, 9.17) is 76.0 Å². The van der Waals surface area contributed by atoms with E-state index < -0.39 is 12.7 Å². The van der Waals surface area contributed by atoms with Crippen molar-refractivity contribution in [3.05, 3.63) is 385 Å². The molecule has 13 aromatic carbocycles. The van der Waals surface area contributed by atoms with E-state index in [2.05, 4.69) is 46.4 Å². The Labute approximate surface area is 775 Å². The minimum Gasteiger partial charge on any atom is -0.493 e. The highest BCUT2D eigenvalue weighted by Gasteiger charge is 2.23. The van der Waals surface area contributed by atoms with Crippen LogP contribution in [0.25, 0.3) is 121 Å². The van der Waals surface area contributed by atoms with Crippen LogP contribution in [0.15, 0.2) is 359 Å². The van der Waals surface area contributed by atoms with Gasteiger partial charge in [0.15, 0.2) is 21.7 Å². The number of ether oxygens (including phenoxy) is 8. The second-order valence-electron chi connectivity index (χ2n) is 32.1. The van der Waals surface area contributed by atoms with Crippen molar-refractivity contribution in [2.75, 3.05) is 52.9 Å². The molecule has 682 valence electrons. The highest BCUT2D eigenvalue weighted by molar-refractivity contribution is 5.92. The Hall–Kier alpha value is -15.8. The molecular weight excluding hydrogens is 1710 g/mol. The number of hydrogen-bond acceptors (Lipinski definition) is 23. The zero-order chi connectivity index (χ0) is 93.4. The molecule has 1 atom stereocenters. The number of fused-ring (bicyclic) bond motifs is 8. The van der Waals surface area contributed by atoms with Gasteiger partial charge in [0.25, 0.3) is 0 Å². The van der Waals surface area contributed by atoms with Crippen molar-refractivity contribution in [2.24, 2.45) is 0 Å². The van der Waals surface area contributed by atoms with Gasteiger partial charge in [-0.2, -0.15) is 0 Å². The maximum Gasteiger partial charge on any atom is 0.197 e. The van der Waals surface area contributed by atoms with Gasteiger partial charge in [-0.1, -0.05) is 220 Å². The number of nitrogens with zero attached hydrogens (tertiary/aromatic N) is 2. The van der Waals surface area contributed by atoms with Gasteiger partial charge in [0.05, 0.1) is 37.5 Å². The standard InChI is InChI=1S/C30H26O5.C29H24O5.C27H21NO6.C26H27NO5/c31-15-6-7-16-33-28-17-24(34-20-23-13-8-12-21-9-4-5-14-25(21)23)18-29-30(28)26(32)19-27(35-29)22-10-2-1-3-11-22;30-14-7-15-32-27-16-23(33-19-22-12-6-11-20-8-4-5-13-24(20)22)17-28-29(27)25(31)18-26(34-28)21-9-2-1-3-10-21;29-15-18(30)16-32-25-12-19(33-23-10-11-28-21-9-5-4-8-20(21)23)13-26-27(25)22(31)14-24(34-26)17-6-2-1-3-7-17;1-17(2)23-15-22(29)26-24(30-12-6-5-11-28)13-19(14-25(26)32-23)31-16-18-9-10-27-21-8-4-3-7-20(18)21/h1-5,8-14,17-19,31H,6-7,15-16,20H2;1-6,8-13,16-18,30H,7,14-15,19H2;1-14,18,29-30H,15-16H2;3-4,7-10,13-15,17,28H,5-6,11-12,16H2,1-2H3. The number of aromatic nitrogens is 2. The molecule has 0 saturated carbocycles. The van der Waals surface area contributed by atoms with Gasteiger partial charge in [0.2, 0.25) is 0 Å². The quantitative estimate of drug-likeness (QED) is 0.0239. The first-order valence-corrected chi connectivity index (χ1v) is 44.6. The topological polar surface area (TPSA) is 322 Å². The molecule has 0 amide bonds. The van der Waals surface area contributed by atoms with Crippen LogP contribution in [0.4, 0.5) is 0 Å². The number of aliphatic hydroxyl groups is 5. The summed E-state index contributed by atoms with van der Waals surface area (Å²) in [6, 6.07) is 95.6. The average Bonchev–Trinajstić information content (AvgIpc) is 0.777. The molecular formula is C112H98N2O21. The van der Waals surface area contributed by atoms with Crippen LogP contribution in [0.2, 0.25) is 0 Å². The van der Waals surface area contributed by atoms with Gasteiger partial charge in [-0.3, -0.25) is 29.1 Å². The zero-order valence-corrected chi connectivity index (χ0v) is 74.2. The molecule has 0 spiro atoms. The minimum absolute atomic E-state index is 0.00195. The number of benzene rings is 13. The molecule has 0 aliphatic rings. The Morgan fingerprint density at radius 1 is 0.311 bits per heavy atom. The maximum absolute atomic E-state index is 13.1. The highest BCUT2D eigenvalue weighted by atomic mass is 16.5. The van der Waals surface area contributed by atoms with Crippen LogP contribution in [0.1, 0.15) is 74.3 Å². The Morgan fingerprint density at radius 3 is 1.11 bits per heavy atom. The Morgan fingerprint density at radius 2 is 0.667 bits per heavy atom. The average molecular weight is 1810 g/mol. The van der Waals surface area contributed by atoms with Crippen LogP contribution in [0, 0.1) is 0 Å². The number of hydrogen-bond donors (Lipinski definition) is 5.